The van der Waals surface area contributed by atoms with Crippen LogP contribution >= 0.6 is 0 Å². The minimum atomic E-state index is -0.675. The molecule has 6 unspecified atom stereocenters. The quantitative estimate of drug-likeness (QED) is 0.501. The number of likely N-dealkylation sites (tertiary alicyclic amines) is 1. The molecule has 6 rings (SSSR count). The predicted molar refractivity (Wildman–Crippen MR) is 123 cm³/mol. The highest BCUT2D eigenvalue weighted by atomic mass is 16.6. The number of nitriles is 1. The first-order valence-corrected chi connectivity index (χ1v) is 12.7. The second kappa shape index (κ2) is 8.20. The van der Waals surface area contributed by atoms with E-state index in [9.17, 15) is 19.6 Å². The summed E-state index contributed by atoms with van der Waals surface area (Å²) in [6.07, 6.45) is 7.26. The minimum absolute atomic E-state index is 0.0902. The van der Waals surface area contributed by atoms with Gasteiger partial charge in [-0.05, 0) is 95.1 Å². The van der Waals surface area contributed by atoms with E-state index >= 15 is 0 Å². The van der Waals surface area contributed by atoms with Crippen LogP contribution in [0.3, 0.4) is 0 Å². The number of primary amides is 1. The second-order valence-electron chi connectivity index (χ2n) is 12.1. The van der Waals surface area contributed by atoms with Gasteiger partial charge in [0.25, 0.3) is 0 Å². The van der Waals surface area contributed by atoms with Crippen molar-refractivity contribution < 1.29 is 19.1 Å². The number of nitrogens with two attached hydrogens (primary N) is 2. The number of likely N-dealkylation sites (N-methyl/N-ethyl adjacent to an activating group) is 1. The van der Waals surface area contributed by atoms with Crippen molar-refractivity contribution in [3.05, 3.63) is 0 Å². The van der Waals surface area contributed by atoms with Gasteiger partial charge < -0.3 is 21.1 Å². The standard InChI is InChI=1S/C25H37N5O4/c1-29(2)18(3-4-20(27)31)23(33)34-25-10-14-5-15(11-25)9-24(8-14,13-25)21(28)22(32)30-17(12-26)6-16-7-19(16)30/h14-19,21H,3-11,13,28H2,1-2H3,(H2,27,31)/t14-,15?,16?,17-,18?,19?,21+,24?,25?/m0/s1. The van der Waals surface area contributed by atoms with Crippen molar-refractivity contribution in [2.24, 2.45) is 34.6 Å². The van der Waals surface area contributed by atoms with Crippen molar-refractivity contribution in [3.8, 4) is 6.07 Å². The molecule has 6 fully saturated rings. The maximum Gasteiger partial charge on any atom is 0.323 e. The van der Waals surface area contributed by atoms with Crippen LogP contribution in [0.1, 0.15) is 64.2 Å². The zero-order valence-corrected chi connectivity index (χ0v) is 20.2. The lowest BCUT2D eigenvalue weighted by atomic mass is 9.46. The molecule has 0 aromatic heterocycles. The second-order valence-corrected chi connectivity index (χ2v) is 12.1. The number of rotatable bonds is 8. The third-order valence-electron chi connectivity index (χ3n) is 9.36. The Morgan fingerprint density at radius 3 is 2.41 bits per heavy atom. The van der Waals surface area contributed by atoms with E-state index < -0.39 is 29.0 Å². The van der Waals surface area contributed by atoms with E-state index in [-0.39, 0.29) is 30.4 Å². The van der Waals surface area contributed by atoms with E-state index in [1.807, 2.05) is 0 Å². The highest BCUT2D eigenvalue weighted by Crippen LogP contribution is 2.64. The Bertz CT molecular complexity index is 915. The highest BCUT2D eigenvalue weighted by Gasteiger charge is 2.64. The number of ether oxygens (including phenoxy) is 1. The Morgan fingerprint density at radius 1 is 1.15 bits per heavy atom. The molecule has 1 saturated heterocycles. The summed E-state index contributed by atoms with van der Waals surface area (Å²) in [5, 5.41) is 9.58. The van der Waals surface area contributed by atoms with Gasteiger partial charge in [0.05, 0.1) is 12.1 Å². The summed E-state index contributed by atoms with van der Waals surface area (Å²) in [5.41, 5.74) is 11.1. The van der Waals surface area contributed by atoms with Crippen molar-refractivity contribution in [1.29, 1.82) is 5.26 Å². The van der Waals surface area contributed by atoms with Gasteiger partial charge >= 0.3 is 5.97 Å². The Balaban J connectivity index is 1.35. The van der Waals surface area contributed by atoms with Crippen LogP contribution in [0.25, 0.3) is 0 Å². The molecular formula is C25H37N5O4. The summed E-state index contributed by atoms with van der Waals surface area (Å²) in [7, 11) is 3.60. The molecule has 9 heteroatoms. The van der Waals surface area contributed by atoms with Gasteiger partial charge in [0.15, 0.2) is 0 Å². The first-order valence-electron chi connectivity index (χ1n) is 12.7. The van der Waals surface area contributed by atoms with Crippen molar-refractivity contribution in [2.75, 3.05) is 14.1 Å². The van der Waals surface area contributed by atoms with E-state index in [1.165, 1.54) is 0 Å². The molecular weight excluding hydrogens is 434 g/mol. The summed E-state index contributed by atoms with van der Waals surface area (Å²) in [6.45, 7) is 0. The number of carbonyl (C=O) groups excluding carboxylic acids is 3. The fourth-order valence-electron chi connectivity index (χ4n) is 8.19. The van der Waals surface area contributed by atoms with Gasteiger partial charge in [0.1, 0.15) is 17.7 Å². The molecule has 2 amide bonds. The molecule has 1 aliphatic heterocycles. The molecule has 0 aromatic carbocycles. The summed E-state index contributed by atoms with van der Waals surface area (Å²) in [5.74, 6) is 0.368. The zero-order valence-electron chi connectivity index (χ0n) is 20.2. The van der Waals surface area contributed by atoms with Crippen LogP contribution in [0.4, 0.5) is 0 Å². The van der Waals surface area contributed by atoms with E-state index in [2.05, 4.69) is 6.07 Å². The fourth-order valence-corrected chi connectivity index (χ4v) is 8.19. The number of esters is 1. The monoisotopic (exact) mass is 471 g/mol. The van der Waals surface area contributed by atoms with Gasteiger partial charge in [0.2, 0.25) is 11.8 Å². The number of carbonyl (C=O) groups is 3. The Kier molecular flexibility index (Phi) is 5.68. The van der Waals surface area contributed by atoms with Gasteiger partial charge in [-0.3, -0.25) is 19.3 Å². The molecule has 4 bridgehead atoms. The first kappa shape index (κ1) is 23.6. The van der Waals surface area contributed by atoms with Crippen LogP contribution in [0, 0.1) is 34.5 Å². The summed E-state index contributed by atoms with van der Waals surface area (Å²) < 4.78 is 6.29. The Labute approximate surface area is 201 Å². The van der Waals surface area contributed by atoms with Crippen molar-refractivity contribution in [3.63, 3.8) is 0 Å². The lowest BCUT2D eigenvalue weighted by Crippen LogP contribution is -2.66. The maximum absolute atomic E-state index is 13.6. The number of fused-ring (bicyclic) bond motifs is 1. The Morgan fingerprint density at radius 2 is 1.82 bits per heavy atom. The molecule has 0 spiro atoms. The smallest absolute Gasteiger partial charge is 0.323 e. The average Bonchev–Trinajstić information content (AvgIpc) is 3.40. The largest absolute Gasteiger partial charge is 0.458 e. The average molecular weight is 472 g/mol. The fraction of sp³-hybridized carbons (Fsp3) is 0.840. The SMILES string of the molecule is CN(C)C(CCC(N)=O)C(=O)OC12CC3C[C@H](C1)CC([C@H](N)C(=O)N1C4CC4C[C@H]1C#N)(C3)C2. The van der Waals surface area contributed by atoms with Crippen LogP contribution in [0.15, 0.2) is 0 Å². The molecule has 186 valence electrons. The van der Waals surface area contributed by atoms with Gasteiger partial charge in [-0.1, -0.05) is 0 Å². The maximum atomic E-state index is 13.6. The molecule has 0 aromatic rings. The van der Waals surface area contributed by atoms with E-state index in [4.69, 9.17) is 16.2 Å². The molecule has 4 N–H and O–H groups in total. The van der Waals surface area contributed by atoms with Gasteiger partial charge in [0, 0.05) is 12.5 Å². The van der Waals surface area contributed by atoms with Gasteiger partial charge in [-0.2, -0.15) is 5.26 Å². The third-order valence-corrected chi connectivity index (χ3v) is 9.36. The van der Waals surface area contributed by atoms with Crippen LogP contribution in [0.5, 0.6) is 0 Å². The third kappa shape index (κ3) is 3.89. The van der Waals surface area contributed by atoms with Crippen LogP contribution in [-0.4, -0.2) is 71.4 Å². The molecule has 5 saturated carbocycles. The lowest BCUT2D eigenvalue weighted by molar-refractivity contribution is -0.209. The molecule has 5 aliphatic carbocycles. The molecule has 9 atom stereocenters. The molecule has 6 aliphatic rings. The van der Waals surface area contributed by atoms with Crippen molar-refractivity contribution in [2.45, 2.75) is 94.0 Å². The highest BCUT2D eigenvalue weighted by molar-refractivity contribution is 5.84. The van der Waals surface area contributed by atoms with Gasteiger partial charge in [-0.15, -0.1) is 0 Å². The normalized spacial score (nSPS) is 41.0. The molecule has 1 heterocycles. The topological polar surface area (TPSA) is 143 Å². The van der Waals surface area contributed by atoms with Crippen LogP contribution in [-0.2, 0) is 19.1 Å². The van der Waals surface area contributed by atoms with Crippen molar-refractivity contribution >= 4 is 17.8 Å². The summed E-state index contributed by atoms with van der Waals surface area (Å²) in [4.78, 5) is 41.8. The number of hydrogen-bond donors (Lipinski definition) is 2. The number of nitrogens with zero attached hydrogens (tertiary/aromatic N) is 3. The lowest BCUT2D eigenvalue weighted by Gasteiger charge is -2.62. The predicted octanol–water partition coefficient (Wildman–Crippen LogP) is 0.905. The Hall–Kier alpha value is -2.18. The molecule has 34 heavy (non-hydrogen) atoms. The van der Waals surface area contributed by atoms with Gasteiger partial charge in [-0.25, -0.2) is 0 Å². The molecule has 0 radical (unpaired) electrons. The van der Waals surface area contributed by atoms with Crippen molar-refractivity contribution in [1.82, 2.24) is 9.80 Å². The van der Waals surface area contributed by atoms with Crippen LogP contribution < -0.4 is 11.5 Å². The molecule has 9 nitrogen and oxygen atoms in total. The summed E-state index contributed by atoms with van der Waals surface area (Å²) in [6, 6.07) is 0.896. The number of piperidine rings is 1. The van der Waals surface area contributed by atoms with Crippen LogP contribution in [0.2, 0.25) is 0 Å². The van der Waals surface area contributed by atoms with E-state index in [0.29, 0.717) is 30.6 Å². The number of hydrogen-bond acceptors (Lipinski definition) is 7. The first-order chi connectivity index (χ1) is 16.1. The summed E-state index contributed by atoms with van der Waals surface area (Å²) >= 11 is 0. The zero-order chi connectivity index (χ0) is 24.4. The van der Waals surface area contributed by atoms with E-state index in [0.717, 1.165) is 44.9 Å². The van der Waals surface area contributed by atoms with E-state index in [1.54, 1.807) is 23.9 Å². The minimum Gasteiger partial charge on any atom is -0.458 e. The number of amides is 2.